The van der Waals surface area contributed by atoms with Crippen LogP contribution in [0.5, 0.6) is 0 Å². The first-order chi connectivity index (χ1) is 10.7. The zero-order valence-electron chi connectivity index (χ0n) is 11.1. The zero-order valence-corrected chi connectivity index (χ0v) is 14.3. The van der Waals surface area contributed by atoms with Crippen LogP contribution >= 0.6 is 31.9 Å². The van der Waals surface area contributed by atoms with E-state index in [0.29, 0.717) is 11.3 Å². The lowest BCUT2D eigenvalue weighted by Crippen LogP contribution is -1.89. The Morgan fingerprint density at radius 1 is 0.864 bits per heavy atom. The van der Waals surface area contributed by atoms with Gasteiger partial charge in [-0.1, -0.05) is 56.1 Å². The van der Waals surface area contributed by atoms with E-state index in [9.17, 15) is 5.26 Å². The first-order valence-electron chi connectivity index (χ1n) is 6.52. The van der Waals surface area contributed by atoms with E-state index in [0.717, 1.165) is 41.3 Å². The summed E-state index contributed by atoms with van der Waals surface area (Å²) in [6.07, 6.45) is 0. The molecule has 0 atom stereocenters. The molecule has 0 saturated carbocycles. The molecule has 0 heterocycles. The molecule has 4 aromatic rings. The van der Waals surface area contributed by atoms with Crippen LogP contribution < -0.4 is 0 Å². The highest BCUT2D eigenvalue weighted by Crippen LogP contribution is 2.44. The molecule has 4 aromatic carbocycles. The molecule has 0 spiro atoms. The fourth-order valence-corrected chi connectivity index (χ4v) is 4.18. The largest absolute Gasteiger partial charge is 0.237 e. The Kier molecular flexibility index (Phi) is 2.87. The lowest BCUT2D eigenvalue weighted by atomic mass is 9.91. The third-order valence-electron chi connectivity index (χ3n) is 4.02. The van der Waals surface area contributed by atoms with E-state index in [2.05, 4.69) is 42.8 Å². The monoisotopic (exact) mass is 408 g/mol. The highest BCUT2D eigenvalue weighted by molar-refractivity contribution is 9.11. The highest BCUT2D eigenvalue weighted by Gasteiger charge is 2.16. The van der Waals surface area contributed by atoms with Crippen molar-refractivity contribution in [3.8, 4) is 6.07 Å². The number of benzene rings is 4. The lowest BCUT2D eigenvalue weighted by Gasteiger charge is -2.15. The van der Waals surface area contributed by atoms with E-state index in [1.165, 1.54) is 0 Å². The molecule has 2 nitrogen and oxygen atoms in total. The molecule has 4 rings (SSSR count). The van der Waals surface area contributed by atoms with Crippen molar-refractivity contribution in [3.63, 3.8) is 0 Å². The summed E-state index contributed by atoms with van der Waals surface area (Å²) in [6, 6.07) is 14.0. The Bertz CT molecular complexity index is 1070. The molecule has 0 aliphatic carbocycles. The Morgan fingerprint density at radius 3 is 2.05 bits per heavy atom. The molecule has 0 saturated heterocycles. The van der Waals surface area contributed by atoms with Gasteiger partial charge in [0, 0.05) is 14.3 Å². The molecule has 0 N–H and O–H groups in total. The molecule has 0 amide bonds. The first kappa shape index (κ1) is 13.5. The second kappa shape index (κ2) is 4.68. The summed E-state index contributed by atoms with van der Waals surface area (Å²) in [6.45, 7) is 7.42. The maximum absolute atomic E-state index is 9.42. The molecule has 0 unspecified atom stereocenters. The standard InChI is InChI=1S/C18H6Br2N2/c1-22-16-7-15(20)12-3-2-10-9(8-21)6-14(19)11-4-5-13(16)18(12)17(10)11/h2-7H. The Labute approximate surface area is 143 Å². The number of halogens is 2. The third kappa shape index (κ3) is 1.63. The van der Waals surface area contributed by atoms with Crippen LogP contribution in [-0.4, -0.2) is 0 Å². The maximum atomic E-state index is 9.42. The number of nitrogens with zero attached hydrogens (tertiary/aromatic N) is 2. The van der Waals surface area contributed by atoms with Gasteiger partial charge in [-0.15, -0.1) is 0 Å². The van der Waals surface area contributed by atoms with Crippen LogP contribution in [0, 0.1) is 17.9 Å². The van der Waals surface area contributed by atoms with Crippen molar-refractivity contribution in [1.82, 2.24) is 0 Å². The van der Waals surface area contributed by atoms with Gasteiger partial charge in [-0.25, -0.2) is 4.85 Å². The molecule has 0 bridgehead atoms. The van der Waals surface area contributed by atoms with Gasteiger partial charge in [0.2, 0.25) is 0 Å². The molecule has 0 fully saturated rings. The van der Waals surface area contributed by atoms with Crippen LogP contribution in [0.2, 0.25) is 0 Å². The van der Waals surface area contributed by atoms with Gasteiger partial charge in [-0.05, 0) is 39.1 Å². The smallest absolute Gasteiger partial charge is 0.196 e. The van der Waals surface area contributed by atoms with Gasteiger partial charge in [0.15, 0.2) is 5.69 Å². The van der Waals surface area contributed by atoms with E-state index in [4.69, 9.17) is 6.57 Å². The molecule has 102 valence electrons. The predicted molar refractivity (Wildman–Crippen MR) is 96.5 cm³/mol. The zero-order chi connectivity index (χ0) is 15.4. The second-order valence-electron chi connectivity index (χ2n) is 5.08. The highest BCUT2D eigenvalue weighted by atomic mass is 79.9. The summed E-state index contributed by atoms with van der Waals surface area (Å²) in [5.74, 6) is 0. The fraction of sp³-hybridized carbons (Fsp3) is 0. The number of nitriles is 1. The van der Waals surface area contributed by atoms with E-state index in [1.807, 2.05) is 36.4 Å². The molecule has 0 radical (unpaired) electrons. The van der Waals surface area contributed by atoms with Crippen molar-refractivity contribution in [2.24, 2.45) is 0 Å². The summed E-state index contributed by atoms with van der Waals surface area (Å²) >= 11 is 7.13. The summed E-state index contributed by atoms with van der Waals surface area (Å²) in [4.78, 5) is 3.65. The molecule has 0 aliphatic rings. The van der Waals surface area contributed by atoms with Crippen molar-refractivity contribution in [3.05, 3.63) is 62.3 Å². The number of hydrogen-bond acceptors (Lipinski definition) is 1. The van der Waals surface area contributed by atoms with Gasteiger partial charge in [-0.2, -0.15) is 5.26 Å². The lowest BCUT2D eigenvalue weighted by molar-refractivity contribution is 1.50. The summed E-state index contributed by atoms with van der Waals surface area (Å²) in [7, 11) is 0. The predicted octanol–water partition coefficient (Wildman–Crippen LogP) is 6.53. The third-order valence-corrected chi connectivity index (χ3v) is 5.33. The Hall–Kier alpha value is -2.14. The van der Waals surface area contributed by atoms with Crippen molar-refractivity contribution < 1.29 is 0 Å². The van der Waals surface area contributed by atoms with Crippen LogP contribution in [0.1, 0.15) is 5.56 Å². The van der Waals surface area contributed by atoms with Crippen molar-refractivity contribution in [2.75, 3.05) is 0 Å². The molecular weight excluding hydrogens is 404 g/mol. The second-order valence-corrected chi connectivity index (χ2v) is 6.79. The molecule has 0 aliphatic heterocycles. The maximum Gasteiger partial charge on any atom is 0.196 e. The average molecular weight is 410 g/mol. The van der Waals surface area contributed by atoms with Gasteiger partial charge in [0.25, 0.3) is 0 Å². The van der Waals surface area contributed by atoms with E-state index in [-0.39, 0.29) is 0 Å². The molecule has 4 heteroatoms. The van der Waals surface area contributed by atoms with Crippen LogP contribution in [0.15, 0.2) is 45.3 Å². The Balaban J connectivity index is 2.45. The van der Waals surface area contributed by atoms with Crippen molar-refractivity contribution in [2.45, 2.75) is 0 Å². The van der Waals surface area contributed by atoms with Crippen molar-refractivity contribution >= 4 is 69.9 Å². The minimum Gasteiger partial charge on any atom is -0.237 e. The van der Waals surface area contributed by atoms with E-state index in [1.54, 1.807) is 0 Å². The Morgan fingerprint density at radius 2 is 1.41 bits per heavy atom. The van der Waals surface area contributed by atoms with Gasteiger partial charge >= 0.3 is 0 Å². The summed E-state index contributed by atoms with van der Waals surface area (Å²) in [5.41, 5.74) is 1.25. The normalized spacial score (nSPS) is 11.1. The molecule has 0 aromatic heterocycles. The average Bonchev–Trinajstić information content (AvgIpc) is 2.55. The molecular formula is C18H6Br2N2. The minimum absolute atomic E-state index is 0.618. The van der Waals surface area contributed by atoms with Crippen LogP contribution in [0.3, 0.4) is 0 Å². The SMILES string of the molecule is [C-]#[N+]c1cc(Br)c2ccc3c(C#N)cc(Br)c4ccc1c2c43. The van der Waals surface area contributed by atoms with Crippen LogP contribution in [-0.2, 0) is 0 Å². The van der Waals surface area contributed by atoms with E-state index < -0.39 is 0 Å². The van der Waals surface area contributed by atoms with Gasteiger partial charge in [0.1, 0.15) is 0 Å². The van der Waals surface area contributed by atoms with Crippen LogP contribution in [0.4, 0.5) is 5.69 Å². The minimum atomic E-state index is 0.618. The summed E-state index contributed by atoms with van der Waals surface area (Å²) < 4.78 is 1.80. The molecule has 22 heavy (non-hydrogen) atoms. The number of hydrogen-bond donors (Lipinski definition) is 0. The van der Waals surface area contributed by atoms with Crippen molar-refractivity contribution in [1.29, 1.82) is 5.26 Å². The number of rotatable bonds is 0. The quantitative estimate of drug-likeness (QED) is 0.239. The first-order valence-corrected chi connectivity index (χ1v) is 8.11. The fourth-order valence-electron chi connectivity index (χ4n) is 3.07. The van der Waals surface area contributed by atoms with Gasteiger partial charge in [0.05, 0.1) is 18.2 Å². The van der Waals surface area contributed by atoms with Gasteiger partial charge < -0.3 is 0 Å². The topological polar surface area (TPSA) is 28.1 Å². The van der Waals surface area contributed by atoms with Crippen LogP contribution in [0.25, 0.3) is 37.2 Å². The summed E-state index contributed by atoms with van der Waals surface area (Å²) in [5, 5.41) is 15.5. The van der Waals surface area contributed by atoms with Gasteiger partial charge in [-0.3, -0.25) is 0 Å². The van der Waals surface area contributed by atoms with E-state index >= 15 is 0 Å².